The van der Waals surface area contributed by atoms with E-state index in [-0.39, 0.29) is 24.4 Å². The number of hydrogen-bond donors (Lipinski definition) is 0. The molecule has 0 aliphatic heterocycles. The maximum Gasteiger partial charge on any atom is 0.321 e. The van der Waals surface area contributed by atoms with Gasteiger partial charge in [0.25, 0.3) is 0 Å². The average Bonchev–Trinajstić information content (AvgIpc) is 2.12. The van der Waals surface area contributed by atoms with Gasteiger partial charge in [-0.25, -0.2) is 8.42 Å². The van der Waals surface area contributed by atoms with Crippen LogP contribution in [0.1, 0.15) is 47.0 Å². The first-order valence-corrected chi connectivity index (χ1v) is 7.82. The van der Waals surface area contributed by atoms with Crippen molar-refractivity contribution in [2.45, 2.75) is 52.6 Å². The maximum absolute atomic E-state index is 11.6. The molecule has 0 amide bonds. The summed E-state index contributed by atoms with van der Waals surface area (Å²) in [7, 11) is -3.48. The maximum atomic E-state index is 11.6. The third-order valence-corrected chi connectivity index (χ3v) is 3.65. The van der Waals surface area contributed by atoms with Gasteiger partial charge in [-0.05, 0) is 27.2 Å². The number of carbonyl (C=O) groups excluding carboxylic acids is 2. The van der Waals surface area contributed by atoms with Crippen molar-refractivity contribution in [2.75, 3.05) is 11.5 Å². The van der Waals surface area contributed by atoms with Crippen molar-refractivity contribution < 1.29 is 22.7 Å². The Bertz CT molecular complexity index is 389. The number of Topliss-reactive ketones (excluding diaryl/α,β-unsaturated/α-hetero) is 1. The molecule has 0 bridgehead atoms. The molecule has 0 saturated heterocycles. The van der Waals surface area contributed by atoms with Crippen molar-refractivity contribution in [1.82, 2.24) is 0 Å². The lowest BCUT2D eigenvalue weighted by molar-refractivity contribution is -0.151. The van der Waals surface area contributed by atoms with E-state index >= 15 is 0 Å². The molecule has 0 aromatic rings. The molecule has 0 spiro atoms. The Morgan fingerprint density at radius 3 is 2.17 bits per heavy atom. The van der Waals surface area contributed by atoms with E-state index in [1.165, 1.54) is 0 Å². The van der Waals surface area contributed by atoms with Gasteiger partial charge in [0.05, 0.1) is 5.75 Å². The lowest BCUT2D eigenvalue weighted by atomic mass is 10.2. The number of ketones is 1. The predicted octanol–water partition coefficient (Wildman–Crippen LogP) is 1.50. The standard InChI is InChI=1S/C12H22O5S/c1-5-10(13)7-6-8-18(15,16)9-11(14)17-12(2,3)4/h5-9H2,1-4H3. The first-order valence-electron chi connectivity index (χ1n) is 5.99. The molecule has 18 heavy (non-hydrogen) atoms. The van der Waals surface area contributed by atoms with Crippen LogP contribution in [0.2, 0.25) is 0 Å². The monoisotopic (exact) mass is 278 g/mol. The van der Waals surface area contributed by atoms with Crippen molar-refractivity contribution >= 4 is 21.6 Å². The van der Waals surface area contributed by atoms with E-state index in [1.807, 2.05) is 0 Å². The van der Waals surface area contributed by atoms with Crippen LogP contribution in [0.4, 0.5) is 0 Å². The second kappa shape index (κ2) is 6.87. The van der Waals surface area contributed by atoms with Crippen molar-refractivity contribution in [3.63, 3.8) is 0 Å². The molecule has 0 atom stereocenters. The van der Waals surface area contributed by atoms with E-state index in [2.05, 4.69) is 0 Å². The summed E-state index contributed by atoms with van der Waals surface area (Å²) in [6.07, 6.45) is 0.911. The van der Waals surface area contributed by atoms with Gasteiger partial charge >= 0.3 is 5.97 Å². The quantitative estimate of drug-likeness (QED) is 0.659. The minimum absolute atomic E-state index is 0.0301. The fourth-order valence-electron chi connectivity index (χ4n) is 1.29. The van der Waals surface area contributed by atoms with Crippen LogP contribution < -0.4 is 0 Å². The largest absolute Gasteiger partial charge is 0.459 e. The minimum Gasteiger partial charge on any atom is -0.459 e. The lowest BCUT2D eigenvalue weighted by Crippen LogP contribution is -2.29. The third kappa shape index (κ3) is 9.15. The van der Waals surface area contributed by atoms with Gasteiger partial charge in [0.1, 0.15) is 17.1 Å². The van der Waals surface area contributed by atoms with Crippen LogP contribution in [0.15, 0.2) is 0 Å². The van der Waals surface area contributed by atoms with Gasteiger partial charge in [-0.15, -0.1) is 0 Å². The van der Waals surface area contributed by atoms with Crippen LogP contribution in [0.25, 0.3) is 0 Å². The zero-order valence-electron chi connectivity index (χ0n) is 11.5. The first kappa shape index (κ1) is 17.1. The van der Waals surface area contributed by atoms with Crippen molar-refractivity contribution in [3.05, 3.63) is 0 Å². The number of rotatable bonds is 7. The Kier molecular flexibility index (Phi) is 6.52. The molecular formula is C12H22O5S. The molecule has 0 aliphatic carbocycles. The van der Waals surface area contributed by atoms with Crippen molar-refractivity contribution in [2.24, 2.45) is 0 Å². The van der Waals surface area contributed by atoms with Crippen LogP contribution in [-0.4, -0.2) is 37.3 Å². The Hall–Kier alpha value is -0.910. The summed E-state index contributed by atoms with van der Waals surface area (Å²) < 4.78 is 28.1. The Morgan fingerprint density at radius 2 is 1.72 bits per heavy atom. The number of carbonyl (C=O) groups is 2. The molecular weight excluding hydrogens is 256 g/mol. The van der Waals surface area contributed by atoms with E-state index in [1.54, 1.807) is 27.7 Å². The molecule has 0 fully saturated rings. The average molecular weight is 278 g/mol. The highest BCUT2D eigenvalue weighted by Gasteiger charge is 2.22. The van der Waals surface area contributed by atoms with Gasteiger partial charge in [-0.3, -0.25) is 9.59 Å². The number of esters is 1. The van der Waals surface area contributed by atoms with E-state index in [0.29, 0.717) is 6.42 Å². The topological polar surface area (TPSA) is 77.5 Å². The summed E-state index contributed by atoms with van der Waals surface area (Å²) in [5.41, 5.74) is -0.690. The Balaban J connectivity index is 4.16. The summed E-state index contributed by atoms with van der Waals surface area (Å²) in [6.45, 7) is 6.77. The number of ether oxygens (including phenoxy) is 1. The van der Waals surface area contributed by atoms with Gasteiger partial charge in [-0.1, -0.05) is 6.92 Å². The molecule has 0 N–H and O–H groups in total. The van der Waals surface area contributed by atoms with E-state index in [4.69, 9.17) is 4.74 Å². The van der Waals surface area contributed by atoms with E-state index in [0.717, 1.165) is 0 Å². The van der Waals surface area contributed by atoms with Gasteiger partial charge in [0.15, 0.2) is 9.84 Å². The van der Waals surface area contributed by atoms with E-state index in [9.17, 15) is 18.0 Å². The normalized spacial score (nSPS) is 12.2. The highest BCUT2D eigenvalue weighted by molar-refractivity contribution is 7.92. The SMILES string of the molecule is CCC(=O)CCCS(=O)(=O)CC(=O)OC(C)(C)C. The number of hydrogen-bond acceptors (Lipinski definition) is 5. The van der Waals surface area contributed by atoms with Gasteiger partial charge in [0, 0.05) is 12.8 Å². The molecule has 0 radical (unpaired) electrons. The van der Waals surface area contributed by atoms with Gasteiger partial charge < -0.3 is 4.74 Å². The van der Waals surface area contributed by atoms with Crippen LogP contribution in [0.5, 0.6) is 0 Å². The zero-order valence-corrected chi connectivity index (χ0v) is 12.3. The van der Waals surface area contributed by atoms with E-state index < -0.39 is 27.2 Å². The molecule has 0 unspecified atom stereocenters. The lowest BCUT2D eigenvalue weighted by Gasteiger charge is -2.19. The molecule has 0 heterocycles. The molecule has 0 rings (SSSR count). The van der Waals surface area contributed by atoms with Crippen molar-refractivity contribution in [3.8, 4) is 0 Å². The second-order valence-electron chi connectivity index (χ2n) is 5.17. The smallest absolute Gasteiger partial charge is 0.321 e. The summed E-state index contributed by atoms with van der Waals surface area (Å²) in [6, 6.07) is 0. The molecule has 0 aromatic carbocycles. The van der Waals surface area contributed by atoms with Crippen LogP contribution in [0, 0.1) is 0 Å². The third-order valence-electron chi connectivity index (χ3n) is 2.06. The summed E-state index contributed by atoms with van der Waals surface area (Å²) in [4.78, 5) is 22.4. The van der Waals surface area contributed by atoms with Crippen LogP contribution in [0.3, 0.4) is 0 Å². The Morgan fingerprint density at radius 1 is 1.17 bits per heavy atom. The minimum atomic E-state index is -3.48. The Labute approximate surface area is 109 Å². The summed E-state index contributed by atoms with van der Waals surface area (Å²) in [5, 5.41) is 0. The fraction of sp³-hybridized carbons (Fsp3) is 0.833. The molecule has 5 nitrogen and oxygen atoms in total. The molecule has 106 valence electrons. The second-order valence-corrected chi connectivity index (χ2v) is 7.36. The molecule has 0 saturated carbocycles. The number of sulfone groups is 1. The highest BCUT2D eigenvalue weighted by Crippen LogP contribution is 2.08. The van der Waals surface area contributed by atoms with Gasteiger partial charge in [0.2, 0.25) is 0 Å². The van der Waals surface area contributed by atoms with Crippen molar-refractivity contribution in [1.29, 1.82) is 0 Å². The van der Waals surface area contributed by atoms with Crippen LogP contribution >= 0.6 is 0 Å². The molecule has 0 aliphatic rings. The summed E-state index contributed by atoms with van der Waals surface area (Å²) in [5.74, 6) is -1.49. The zero-order chi connectivity index (χ0) is 14.4. The highest BCUT2D eigenvalue weighted by atomic mass is 32.2. The first-order chi connectivity index (χ1) is 8.06. The molecule has 0 aromatic heterocycles. The fourth-order valence-corrected chi connectivity index (χ4v) is 2.44. The summed E-state index contributed by atoms with van der Waals surface area (Å²) >= 11 is 0. The van der Waals surface area contributed by atoms with Crippen LogP contribution in [-0.2, 0) is 24.2 Å². The predicted molar refractivity (Wildman–Crippen MR) is 69.0 cm³/mol. The molecule has 6 heteroatoms. The van der Waals surface area contributed by atoms with Gasteiger partial charge in [-0.2, -0.15) is 0 Å².